The van der Waals surface area contributed by atoms with Crippen molar-refractivity contribution in [3.63, 3.8) is 0 Å². The van der Waals surface area contributed by atoms with Crippen LogP contribution in [0.3, 0.4) is 0 Å². The van der Waals surface area contributed by atoms with Crippen LogP contribution < -0.4 is 33.5 Å². The predicted octanol–water partition coefficient (Wildman–Crippen LogP) is -0.185. The average Bonchev–Trinajstić information content (AvgIpc) is 2.85. The molecule has 1 aromatic rings. The molecular formula is C25H36ClN4O6+. The Hall–Kier alpha value is -2.47. The molecule has 0 amide bonds. The molecule has 2 heterocycles. The summed E-state index contributed by atoms with van der Waals surface area (Å²) in [6.07, 6.45) is 2.49. The highest BCUT2D eigenvalue weighted by molar-refractivity contribution is 5.84. The Bertz CT molecular complexity index is 1180. The quantitative estimate of drug-likeness (QED) is 0.292. The molecule has 198 valence electrons. The van der Waals surface area contributed by atoms with Crippen LogP contribution >= 0.6 is 0 Å². The molecular weight excluding hydrogens is 488 g/mol. The second kappa shape index (κ2) is 12.7. The smallest absolute Gasteiger partial charge is 0.203 e. The standard InChI is InChI=1S/C24H33N4O2.CH3ClO4/c1-5-7-10-26(3)11-12-28(6-2)18-8-9-19-22(15-18)30-23-17-21-24(16-20(23)25-19)29-14-13-27(21)4;1-6-2(3,4)5/h8-9,15-17H,5-7,10-14H2,1-4H3;1H3/q+1;. The van der Waals surface area contributed by atoms with E-state index in [2.05, 4.69) is 64.8 Å². The number of halogens is 1. The Morgan fingerprint density at radius 2 is 1.92 bits per heavy atom. The number of hydrogen-bond donors (Lipinski definition) is 0. The van der Waals surface area contributed by atoms with Crippen molar-refractivity contribution in [3.05, 3.63) is 35.7 Å². The summed E-state index contributed by atoms with van der Waals surface area (Å²) in [4.78, 5) is 9.43. The first-order valence-electron chi connectivity index (χ1n) is 12.1. The molecule has 4 rings (SSSR count). The van der Waals surface area contributed by atoms with E-state index in [1.165, 1.54) is 18.2 Å². The van der Waals surface area contributed by atoms with Crippen LogP contribution in [0.2, 0.25) is 0 Å². The van der Waals surface area contributed by atoms with Crippen molar-refractivity contribution in [2.75, 3.05) is 65.4 Å². The zero-order valence-electron chi connectivity index (χ0n) is 21.7. The number of likely N-dealkylation sites (N-methyl/N-ethyl adjacent to an activating group) is 3. The summed E-state index contributed by atoms with van der Waals surface area (Å²) in [5, 5.41) is 1.18. The minimum atomic E-state index is -4.18. The number of hydrogen-bond acceptors (Lipinski definition) is 9. The van der Waals surface area contributed by atoms with Crippen molar-refractivity contribution < 1.29 is 37.7 Å². The molecule has 0 fully saturated rings. The van der Waals surface area contributed by atoms with Gasteiger partial charge in [0.1, 0.15) is 30.1 Å². The van der Waals surface area contributed by atoms with Crippen LogP contribution in [-0.2, 0) is 4.29 Å². The Morgan fingerprint density at radius 3 is 2.58 bits per heavy atom. The van der Waals surface area contributed by atoms with Crippen molar-refractivity contribution in [1.29, 1.82) is 0 Å². The lowest BCUT2D eigenvalue weighted by Gasteiger charge is -2.27. The molecule has 0 unspecified atom stereocenters. The number of ether oxygens (including phenoxy) is 1. The van der Waals surface area contributed by atoms with E-state index < -0.39 is 10.2 Å². The summed E-state index contributed by atoms with van der Waals surface area (Å²) in [6, 6.07) is 10.4. The van der Waals surface area contributed by atoms with Crippen LogP contribution in [0.1, 0.15) is 26.7 Å². The van der Waals surface area contributed by atoms with E-state index in [9.17, 15) is 14.0 Å². The van der Waals surface area contributed by atoms with Gasteiger partial charge in [0.05, 0.1) is 39.4 Å². The largest absolute Gasteiger partial charge is 0.489 e. The number of benzene rings is 2. The molecule has 0 spiro atoms. The normalized spacial score (nSPS) is 14.4. The van der Waals surface area contributed by atoms with E-state index in [-0.39, 0.29) is 0 Å². The molecule has 0 saturated carbocycles. The lowest BCUT2D eigenvalue weighted by molar-refractivity contribution is -1.92. The van der Waals surface area contributed by atoms with Gasteiger partial charge in [0.2, 0.25) is 5.36 Å². The Balaban J connectivity index is 0.000000538. The lowest BCUT2D eigenvalue weighted by Crippen LogP contribution is -2.60. The van der Waals surface area contributed by atoms with Gasteiger partial charge in [-0.3, -0.25) is 0 Å². The first-order chi connectivity index (χ1) is 17.1. The third-order valence-corrected chi connectivity index (χ3v) is 6.50. The molecule has 1 aliphatic carbocycles. The Kier molecular flexibility index (Phi) is 9.89. The number of aromatic nitrogens is 1. The van der Waals surface area contributed by atoms with E-state index in [0.29, 0.717) is 6.61 Å². The monoisotopic (exact) mass is 523 g/mol. The van der Waals surface area contributed by atoms with E-state index in [1.54, 1.807) is 0 Å². The molecule has 0 saturated heterocycles. The molecule has 11 heteroatoms. The summed E-state index contributed by atoms with van der Waals surface area (Å²) in [5.41, 5.74) is 3.54. The minimum Gasteiger partial charge on any atom is -0.489 e. The summed E-state index contributed by atoms with van der Waals surface area (Å²) in [7, 11) is 0.903. The number of fused-ring (bicyclic) bond motifs is 3. The highest BCUT2D eigenvalue weighted by Gasteiger charge is 2.19. The van der Waals surface area contributed by atoms with Gasteiger partial charge in [0, 0.05) is 25.2 Å². The van der Waals surface area contributed by atoms with E-state index in [1.807, 2.05) is 12.1 Å². The lowest BCUT2D eigenvalue weighted by atomic mass is 10.2. The molecule has 3 aliphatic rings. The van der Waals surface area contributed by atoms with Gasteiger partial charge in [-0.25, -0.2) is 9.56 Å². The second-order valence-electron chi connectivity index (χ2n) is 8.69. The van der Waals surface area contributed by atoms with Crippen LogP contribution in [0.15, 0.2) is 34.7 Å². The summed E-state index contributed by atoms with van der Waals surface area (Å²) >= 11 is 0. The molecule has 10 nitrogen and oxygen atoms in total. The van der Waals surface area contributed by atoms with E-state index in [4.69, 9.17) is 14.1 Å². The van der Waals surface area contributed by atoms with Gasteiger partial charge < -0.3 is 19.0 Å². The maximum atomic E-state index is 9.19. The maximum absolute atomic E-state index is 9.19. The van der Waals surface area contributed by atoms with E-state index in [0.717, 1.165) is 73.8 Å². The zero-order chi connectivity index (χ0) is 26.3. The Morgan fingerprint density at radius 1 is 1.17 bits per heavy atom. The summed E-state index contributed by atoms with van der Waals surface area (Å²) in [6.45, 7) is 10.2. The van der Waals surface area contributed by atoms with Crippen molar-refractivity contribution in [3.8, 4) is 17.2 Å². The predicted molar refractivity (Wildman–Crippen MR) is 129 cm³/mol. The molecule has 0 N–H and O–H groups in total. The maximum Gasteiger partial charge on any atom is 0.203 e. The first-order valence-corrected chi connectivity index (χ1v) is 13.3. The first kappa shape index (κ1) is 28.1. The topological polar surface area (TPSA) is 123 Å². The van der Waals surface area contributed by atoms with Gasteiger partial charge in [0.15, 0.2) is 25.0 Å². The van der Waals surface area contributed by atoms with Crippen molar-refractivity contribution in [2.24, 2.45) is 0 Å². The van der Waals surface area contributed by atoms with Gasteiger partial charge in [-0.05, 0) is 33.0 Å². The van der Waals surface area contributed by atoms with Gasteiger partial charge in [-0.2, -0.15) is 14.0 Å². The molecule has 1 aromatic carbocycles. The SMILES string of the molecule is CCCCN(C)CC[N+](CC)=c1ccc2nc3cc4c(cc3oc-2c1)N(C)CCO4.CO[Cl+3]([O-])([O-])[O-]. The molecule has 0 aromatic heterocycles. The third-order valence-electron chi connectivity index (χ3n) is 6.12. The summed E-state index contributed by atoms with van der Waals surface area (Å²) in [5.74, 6) is 1.69. The second-order valence-corrected chi connectivity index (χ2v) is 9.76. The molecule has 0 atom stereocenters. The highest BCUT2D eigenvalue weighted by Crippen LogP contribution is 2.36. The van der Waals surface area contributed by atoms with Crippen LogP contribution in [-0.4, -0.2) is 70.4 Å². The van der Waals surface area contributed by atoms with Crippen molar-refractivity contribution in [2.45, 2.75) is 26.7 Å². The van der Waals surface area contributed by atoms with Gasteiger partial charge in [-0.1, -0.05) is 13.3 Å². The average molecular weight is 524 g/mol. The van der Waals surface area contributed by atoms with Gasteiger partial charge in [0.25, 0.3) is 0 Å². The summed E-state index contributed by atoms with van der Waals surface area (Å²) < 4.78 is 45.4. The molecule has 0 radical (unpaired) electrons. The van der Waals surface area contributed by atoms with Gasteiger partial charge in [-0.15, -0.1) is 0 Å². The number of unbranched alkanes of at least 4 members (excludes halogenated alkanes) is 1. The third kappa shape index (κ3) is 7.52. The fourth-order valence-corrected chi connectivity index (χ4v) is 3.96. The number of nitrogens with zero attached hydrogens (tertiary/aromatic N) is 4. The molecule has 0 bridgehead atoms. The van der Waals surface area contributed by atoms with Crippen molar-refractivity contribution >= 4 is 16.8 Å². The van der Waals surface area contributed by atoms with E-state index >= 15 is 0 Å². The molecule has 36 heavy (non-hydrogen) atoms. The minimum absolute atomic E-state index is 0.698. The van der Waals surface area contributed by atoms with Crippen LogP contribution in [0.4, 0.5) is 5.69 Å². The molecule has 2 aliphatic heterocycles. The van der Waals surface area contributed by atoms with Crippen LogP contribution in [0.5, 0.6) is 5.75 Å². The Labute approximate surface area is 214 Å². The van der Waals surface area contributed by atoms with Crippen LogP contribution in [0, 0.1) is 10.2 Å². The number of anilines is 1. The van der Waals surface area contributed by atoms with Crippen molar-refractivity contribution in [1.82, 2.24) is 14.5 Å². The zero-order valence-corrected chi connectivity index (χ0v) is 22.4. The van der Waals surface area contributed by atoms with Gasteiger partial charge >= 0.3 is 0 Å². The number of rotatable bonds is 8. The van der Waals surface area contributed by atoms with Crippen LogP contribution in [0.25, 0.3) is 22.6 Å². The highest BCUT2D eigenvalue weighted by atomic mass is 35.7. The fourth-order valence-electron chi connectivity index (χ4n) is 3.96. The fraction of sp³-hybridized carbons (Fsp3) is 0.520.